The largest absolute Gasteiger partial charge is 0.456 e. The van der Waals surface area contributed by atoms with Crippen molar-refractivity contribution in [3.8, 4) is 0 Å². The van der Waals surface area contributed by atoms with Gasteiger partial charge in [0, 0.05) is 5.56 Å². The van der Waals surface area contributed by atoms with E-state index in [0.29, 0.717) is 5.56 Å². The van der Waals surface area contributed by atoms with E-state index in [4.69, 9.17) is 4.74 Å². The Labute approximate surface area is 157 Å². The molecular weight excluding hydrogens is 346 g/mol. The predicted molar refractivity (Wildman–Crippen MR) is 95.7 cm³/mol. The number of esters is 1. The number of rotatable bonds is 5. The molecule has 1 aromatic rings. The lowest BCUT2D eigenvalue weighted by atomic mass is 9.81. The first kappa shape index (κ1) is 17.9. The molecule has 2 bridgehead atoms. The lowest BCUT2D eigenvalue weighted by molar-refractivity contribution is -0.152. The number of nitrogens with zero attached hydrogens (tertiary/aromatic N) is 1. The molecule has 0 aromatic heterocycles. The number of benzene rings is 1. The van der Waals surface area contributed by atoms with Crippen LogP contribution < -0.4 is 0 Å². The average Bonchev–Trinajstić information content (AvgIpc) is 3.31. The van der Waals surface area contributed by atoms with Gasteiger partial charge in [0.05, 0.1) is 11.8 Å². The van der Waals surface area contributed by atoms with Gasteiger partial charge in [-0.25, -0.2) is 0 Å². The number of Topliss-reactive ketones (excluding diaryl/α,β-unsaturated/α-hetero) is 1. The van der Waals surface area contributed by atoms with E-state index in [9.17, 15) is 19.2 Å². The number of likely N-dealkylation sites (tertiary alicyclic amines) is 1. The SMILES string of the molecule is Cc1ccc(C)c(C(=O)COC(=O)CN2C(=O)[C@@H]3[C@H]4CC[C@@H](C4)[C@H]3C2=O)c1. The van der Waals surface area contributed by atoms with Gasteiger partial charge < -0.3 is 4.74 Å². The van der Waals surface area contributed by atoms with Crippen molar-refractivity contribution >= 4 is 23.6 Å². The molecule has 2 saturated carbocycles. The number of amides is 2. The van der Waals surface area contributed by atoms with Crippen molar-refractivity contribution in [2.45, 2.75) is 33.1 Å². The third-order valence-corrected chi connectivity index (χ3v) is 6.36. The molecule has 1 heterocycles. The molecule has 4 atom stereocenters. The lowest BCUT2D eigenvalue weighted by Crippen LogP contribution is -2.38. The summed E-state index contributed by atoms with van der Waals surface area (Å²) in [4.78, 5) is 50.7. The highest BCUT2D eigenvalue weighted by Crippen LogP contribution is 2.56. The zero-order valence-corrected chi connectivity index (χ0v) is 15.6. The average molecular weight is 369 g/mol. The van der Waals surface area contributed by atoms with Crippen LogP contribution in [-0.4, -0.2) is 41.6 Å². The molecule has 2 aliphatic carbocycles. The molecule has 6 heteroatoms. The summed E-state index contributed by atoms with van der Waals surface area (Å²) >= 11 is 0. The minimum Gasteiger partial charge on any atom is -0.456 e. The van der Waals surface area contributed by atoms with Crippen molar-refractivity contribution in [1.82, 2.24) is 4.90 Å². The topological polar surface area (TPSA) is 80.8 Å². The van der Waals surface area contributed by atoms with Crippen molar-refractivity contribution in [2.75, 3.05) is 13.2 Å². The molecule has 0 unspecified atom stereocenters. The maximum absolute atomic E-state index is 12.6. The minimum atomic E-state index is -0.720. The summed E-state index contributed by atoms with van der Waals surface area (Å²) in [7, 11) is 0. The monoisotopic (exact) mass is 369 g/mol. The van der Waals surface area contributed by atoms with E-state index in [1.165, 1.54) is 0 Å². The number of hydrogen-bond donors (Lipinski definition) is 0. The Bertz CT molecular complexity index is 817. The number of hydrogen-bond acceptors (Lipinski definition) is 5. The molecule has 0 radical (unpaired) electrons. The Balaban J connectivity index is 1.36. The highest BCUT2D eigenvalue weighted by molar-refractivity contribution is 6.08. The summed E-state index contributed by atoms with van der Waals surface area (Å²) in [5.41, 5.74) is 2.28. The number of aryl methyl sites for hydroxylation is 2. The standard InChI is InChI=1S/C21H23NO5/c1-11-3-4-12(2)15(7-11)16(23)10-27-17(24)9-22-20(25)18-13-5-6-14(8-13)19(18)21(22)26/h3-4,7,13-14,18-19H,5-6,8-10H2,1-2H3/t13-,14-,18+,19+/m0/s1. The van der Waals surface area contributed by atoms with E-state index in [1.807, 2.05) is 26.0 Å². The van der Waals surface area contributed by atoms with Gasteiger partial charge in [0.15, 0.2) is 6.61 Å². The lowest BCUT2D eigenvalue weighted by Gasteiger charge is -2.19. The van der Waals surface area contributed by atoms with Gasteiger partial charge in [0.25, 0.3) is 0 Å². The van der Waals surface area contributed by atoms with Crippen molar-refractivity contribution < 1.29 is 23.9 Å². The second-order valence-electron chi connectivity index (χ2n) is 8.05. The highest BCUT2D eigenvalue weighted by atomic mass is 16.5. The normalized spacial score (nSPS) is 28.6. The molecular formula is C21H23NO5. The summed E-state index contributed by atoms with van der Waals surface area (Å²) in [6, 6.07) is 5.52. The van der Waals surface area contributed by atoms with Crippen LogP contribution in [0.15, 0.2) is 18.2 Å². The van der Waals surface area contributed by atoms with Crippen LogP contribution in [0.25, 0.3) is 0 Å². The maximum atomic E-state index is 12.6. The molecule has 0 spiro atoms. The van der Waals surface area contributed by atoms with Crippen LogP contribution in [0.4, 0.5) is 0 Å². The first-order chi connectivity index (χ1) is 12.9. The summed E-state index contributed by atoms with van der Waals surface area (Å²) in [5, 5.41) is 0. The van der Waals surface area contributed by atoms with Gasteiger partial charge in [-0.1, -0.05) is 17.7 Å². The van der Waals surface area contributed by atoms with Crippen LogP contribution in [0.5, 0.6) is 0 Å². The van der Waals surface area contributed by atoms with Gasteiger partial charge in [-0.2, -0.15) is 0 Å². The number of carbonyl (C=O) groups is 4. The van der Waals surface area contributed by atoms with E-state index >= 15 is 0 Å². The summed E-state index contributed by atoms with van der Waals surface area (Å²) < 4.78 is 5.07. The van der Waals surface area contributed by atoms with Crippen molar-refractivity contribution in [2.24, 2.45) is 23.7 Å². The molecule has 3 aliphatic rings. The second-order valence-corrected chi connectivity index (χ2v) is 8.05. The van der Waals surface area contributed by atoms with Crippen LogP contribution >= 0.6 is 0 Å². The third kappa shape index (κ3) is 2.97. The molecule has 142 valence electrons. The van der Waals surface area contributed by atoms with Crippen LogP contribution in [0.2, 0.25) is 0 Å². The van der Waals surface area contributed by atoms with E-state index in [0.717, 1.165) is 35.3 Å². The van der Waals surface area contributed by atoms with Crippen LogP contribution in [0.1, 0.15) is 40.7 Å². The van der Waals surface area contributed by atoms with E-state index in [1.54, 1.807) is 6.07 Å². The number of fused-ring (bicyclic) bond motifs is 5. The molecule has 6 nitrogen and oxygen atoms in total. The van der Waals surface area contributed by atoms with E-state index < -0.39 is 19.1 Å². The zero-order chi connectivity index (χ0) is 19.3. The highest BCUT2D eigenvalue weighted by Gasteiger charge is 2.61. The Morgan fingerprint density at radius 1 is 1.07 bits per heavy atom. The molecule has 2 amide bonds. The Hall–Kier alpha value is -2.50. The first-order valence-electron chi connectivity index (χ1n) is 9.48. The number of ketones is 1. The first-order valence-corrected chi connectivity index (χ1v) is 9.48. The van der Waals surface area contributed by atoms with Gasteiger partial charge >= 0.3 is 5.97 Å². The van der Waals surface area contributed by atoms with E-state index in [-0.39, 0.29) is 41.3 Å². The quantitative estimate of drug-likeness (QED) is 0.451. The summed E-state index contributed by atoms with van der Waals surface area (Å²) in [5.74, 6) is -1.43. The van der Waals surface area contributed by atoms with E-state index in [2.05, 4.69) is 0 Å². The summed E-state index contributed by atoms with van der Waals surface area (Å²) in [6.45, 7) is 2.92. The molecule has 0 N–H and O–H groups in total. The fraction of sp³-hybridized carbons (Fsp3) is 0.524. The maximum Gasteiger partial charge on any atom is 0.326 e. The van der Waals surface area contributed by atoms with Gasteiger partial charge in [0.1, 0.15) is 6.54 Å². The van der Waals surface area contributed by atoms with Crippen LogP contribution in [0.3, 0.4) is 0 Å². The number of ether oxygens (including phenoxy) is 1. The van der Waals surface area contributed by atoms with Crippen molar-refractivity contribution in [1.29, 1.82) is 0 Å². The van der Waals surface area contributed by atoms with Gasteiger partial charge in [-0.3, -0.25) is 24.1 Å². The van der Waals surface area contributed by atoms with Crippen LogP contribution in [-0.2, 0) is 19.1 Å². The number of carbonyl (C=O) groups excluding carboxylic acids is 4. The van der Waals surface area contributed by atoms with Crippen molar-refractivity contribution in [3.05, 3.63) is 34.9 Å². The van der Waals surface area contributed by atoms with Crippen LogP contribution in [0, 0.1) is 37.5 Å². The minimum absolute atomic E-state index is 0.241. The molecule has 4 rings (SSSR count). The Morgan fingerprint density at radius 3 is 2.33 bits per heavy atom. The number of imide groups is 1. The summed E-state index contributed by atoms with van der Waals surface area (Å²) in [6.07, 6.45) is 2.94. The molecule has 27 heavy (non-hydrogen) atoms. The molecule has 1 aromatic carbocycles. The fourth-order valence-corrected chi connectivity index (χ4v) is 5.06. The fourth-order valence-electron chi connectivity index (χ4n) is 5.06. The molecule has 1 saturated heterocycles. The third-order valence-electron chi connectivity index (χ3n) is 6.36. The smallest absolute Gasteiger partial charge is 0.326 e. The predicted octanol–water partition coefficient (Wildman–Crippen LogP) is 2.06. The Kier molecular flexibility index (Phi) is 4.36. The Morgan fingerprint density at radius 2 is 1.70 bits per heavy atom. The zero-order valence-electron chi connectivity index (χ0n) is 15.6. The van der Waals surface area contributed by atoms with Gasteiger partial charge in [0.2, 0.25) is 17.6 Å². The van der Waals surface area contributed by atoms with Crippen molar-refractivity contribution in [3.63, 3.8) is 0 Å². The molecule has 3 fully saturated rings. The second kappa shape index (κ2) is 6.59. The molecule has 1 aliphatic heterocycles. The van der Waals surface area contributed by atoms with Gasteiger partial charge in [-0.15, -0.1) is 0 Å². The van der Waals surface area contributed by atoms with Gasteiger partial charge in [-0.05, 0) is 56.6 Å².